The van der Waals surface area contributed by atoms with Crippen LogP contribution in [-0.4, -0.2) is 18.6 Å². The highest BCUT2D eigenvalue weighted by molar-refractivity contribution is 5.94. The molecule has 0 radical (unpaired) electrons. The zero-order chi connectivity index (χ0) is 13.5. The number of carbonyl (C=O) groups excluding carboxylic acids is 1. The lowest BCUT2D eigenvalue weighted by molar-refractivity contribution is -0.118. The fourth-order valence-corrected chi connectivity index (χ4v) is 1.41. The molecule has 0 heterocycles. The minimum Gasteiger partial charge on any atom is -0.494 e. The van der Waals surface area contributed by atoms with E-state index in [0.29, 0.717) is 12.3 Å². The van der Waals surface area contributed by atoms with Gasteiger partial charge >= 0.3 is 0 Å². The zero-order valence-corrected chi connectivity index (χ0v) is 11.3. The Bertz CT molecular complexity index is 391. The second kappa shape index (κ2) is 7.01. The third-order valence-electron chi connectivity index (χ3n) is 2.60. The molecule has 0 fully saturated rings. The van der Waals surface area contributed by atoms with Gasteiger partial charge in [-0.15, -0.1) is 0 Å². The molecule has 4 heteroatoms. The zero-order valence-electron chi connectivity index (χ0n) is 11.3. The Balaban J connectivity index is 2.64. The highest BCUT2D eigenvalue weighted by Gasteiger charge is 2.17. The van der Waals surface area contributed by atoms with Gasteiger partial charge in [0.1, 0.15) is 5.75 Å². The van der Waals surface area contributed by atoms with Crippen molar-refractivity contribution in [2.45, 2.75) is 33.2 Å². The molecule has 1 amide bonds. The van der Waals surface area contributed by atoms with E-state index >= 15 is 0 Å². The van der Waals surface area contributed by atoms with Gasteiger partial charge < -0.3 is 15.8 Å². The van der Waals surface area contributed by atoms with Gasteiger partial charge in [0.05, 0.1) is 12.6 Å². The lowest BCUT2D eigenvalue weighted by Gasteiger charge is -2.15. The Morgan fingerprint density at radius 2 is 2.17 bits per heavy atom. The van der Waals surface area contributed by atoms with Crippen molar-refractivity contribution in [1.29, 1.82) is 0 Å². The van der Waals surface area contributed by atoms with Gasteiger partial charge in [-0.25, -0.2) is 0 Å². The van der Waals surface area contributed by atoms with Gasteiger partial charge in [0, 0.05) is 11.8 Å². The van der Waals surface area contributed by atoms with Crippen molar-refractivity contribution >= 4 is 11.6 Å². The Morgan fingerprint density at radius 1 is 1.44 bits per heavy atom. The summed E-state index contributed by atoms with van der Waals surface area (Å²) in [4.78, 5) is 11.8. The first-order valence-corrected chi connectivity index (χ1v) is 6.34. The molecule has 1 aromatic carbocycles. The fraction of sp³-hybridized carbons (Fsp3) is 0.500. The van der Waals surface area contributed by atoms with Crippen molar-refractivity contribution in [3.05, 3.63) is 24.3 Å². The first-order chi connectivity index (χ1) is 8.54. The van der Waals surface area contributed by atoms with E-state index in [1.807, 2.05) is 39.0 Å². The number of hydrogen-bond acceptors (Lipinski definition) is 3. The third kappa shape index (κ3) is 4.37. The highest BCUT2D eigenvalue weighted by atomic mass is 16.5. The predicted octanol–water partition coefficient (Wildman–Crippen LogP) is 2.40. The molecular weight excluding hydrogens is 228 g/mol. The van der Waals surface area contributed by atoms with Gasteiger partial charge in [-0.1, -0.05) is 26.8 Å². The molecule has 0 aliphatic carbocycles. The molecule has 0 bridgehead atoms. The molecule has 1 atom stereocenters. The number of benzene rings is 1. The summed E-state index contributed by atoms with van der Waals surface area (Å²) in [5, 5.41) is 2.80. The van der Waals surface area contributed by atoms with E-state index < -0.39 is 6.04 Å². The molecule has 0 saturated heterocycles. The molecule has 0 saturated carbocycles. The summed E-state index contributed by atoms with van der Waals surface area (Å²) in [6, 6.07) is 6.85. The Labute approximate surface area is 109 Å². The monoisotopic (exact) mass is 250 g/mol. The second-order valence-electron chi connectivity index (χ2n) is 4.64. The third-order valence-corrected chi connectivity index (χ3v) is 2.60. The van der Waals surface area contributed by atoms with Gasteiger partial charge in [0.25, 0.3) is 0 Å². The minimum atomic E-state index is -0.495. The largest absolute Gasteiger partial charge is 0.494 e. The van der Waals surface area contributed by atoms with Crippen LogP contribution in [0.1, 0.15) is 27.2 Å². The predicted molar refractivity (Wildman–Crippen MR) is 73.7 cm³/mol. The lowest BCUT2D eigenvalue weighted by atomic mass is 10.0. The van der Waals surface area contributed by atoms with Gasteiger partial charge in [-0.2, -0.15) is 0 Å². The van der Waals surface area contributed by atoms with Crippen LogP contribution in [0.3, 0.4) is 0 Å². The lowest BCUT2D eigenvalue weighted by Crippen LogP contribution is -2.39. The van der Waals surface area contributed by atoms with Crippen molar-refractivity contribution in [3.8, 4) is 5.75 Å². The van der Waals surface area contributed by atoms with Crippen LogP contribution in [-0.2, 0) is 4.79 Å². The summed E-state index contributed by atoms with van der Waals surface area (Å²) in [6.45, 7) is 6.56. The van der Waals surface area contributed by atoms with Crippen LogP contribution < -0.4 is 15.8 Å². The van der Waals surface area contributed by atoms with Crippen LogP contribution in [0.25, 0.3) is 0 Å². The van der Waals surface area contributed by atoms with E-state index in [2.05, 4.69) is 5.32 Å². The smallest absolute Gasteiger partial charge is 0.241 e. The number of nitrogens with one attached hydrogen (secondary N) is 1. The van der Waals surface area contributed by atoms with E-state index in [9.17, 15) is 4.79 Å². The minimum absolute atomic E-state index is 0.115. The number of hydrogen-bond donors (Lipinski definition) is 2. The molecule has 0 aliphatic heterocycles. The maximum Gasteiger partial charge on any atom is 0.241 e. The van der Waals surface area contributed by atoms with Crippen molar-refractivity contribution in [2.24, 2.45) is 11.7 Å². The fourth-order valence-electron chi connectivity index (χ4n) is 1.41. The molecule has 1 rings (SSSR count). The number of anilines is 1. The molecule has 3 N–H and O–H groups in total. The van der Waals surface area contributed by atoms with Crippen molar-refractivity contribution < 1.29 is 9.53 Å². The molecule has 100 valence electrons. The maximum atomic E-state index is 11.8. The molecule has 4 nitrogen and oxygen atoms in total. The summed E-state index contributed by atoms with van der Waals surface area (Å²) in [6.07, 6.45) is 0.953. The second-order valence-corrected chi connectivity index (χ2v) is 4.64. The van der Waals surface area contributed by atoms with Crippen LogP contribution in [0.15, 0.2) is 24.3 Å². The SMILES string of the molecule is CCCOc1cccc(NC(=O)[C@@H](N)C(C)C)c1. The van der Waals surface area contributed by atoms with Crippen LogP contribution in [0.2, 0.25) is 0 Å². The van der Waals surface area contributed by atoms with Gasteiger partial charge in [-0.05, 0) is 24.5 Å². The molecule has 1 aromatic rings. The van der Waals surface area contributed by atoms with E-state index in [1.54, 1.807) is 6.07 Å². The van der Waals surface area contributed by atoms with Crippen LogP contribution >= 0.6 is 0 Å². The molecule has 0 spiro atoms. The highest BCUT2D eigenvalue weighted by Crippen LogP contribution is 2.18. The number of ether oxygens (including phenoxy) is 1. The average Bonchev–Trinajstić information content (AvgIpc) is 2.35. The van der Waals surface area contributed by atoms with Crippen LogP contribution in [0.5, 0.6) is 5.75 Å². The number of nitrogens with two attached hydrogens (primary N) is 1. The molecular formula is C14H22N2O2. The number of carbonyl (C=O) groups is 1. The van der Waals surface area contributed by atoms with Crippen molar-refractivity contribution in [2.75, 3.05) is 11.9 Å². The van der Waals surface area contributed by atoms with E-state index in [1.165, 1.54) is 0 Å². The molecule has 0 unspecified atom stereocenters. The summed E-state index contributed by atoms with van der Waals surface area (Å²) < 4.78 is 5.50. The first-order valence-electron chi connectivity index (χ1n) is 6.34. The van der Waals surface area contributed by atoms with Gasteiger partial charge in [0.2, 0.25) is 5.91 Å². The van der Waals surface area contributed by atoms with Crippen molar-refractivity contribution in [1.82, 2.24) is 0 Å². The standard InChI is InChI=1S/C14H22N2O2/c1-4-8-18-12-7-5-6-11(9-12)16-14(17)13(15)10(2)3/h5-7,9-10,13H,4,8,15H2,1-3H3,(H,16,17)/t13-/m0/s1. The Kier molecular flexibility index (Phi) is 5.65. The van der Waals surface area contributed by atoms with Gasteiger partial charge in [0.15, 0.2) is 0 Å². The molecule has 0 aliphatic rings. The average molecular weight is 250 g/mol. The first kappa shape index (κ1) is 14.5. The summed E-state index contributed by atoms with van der Waals surface area (Å²) in [7, 11) is 0. The molecule has 18 heavy (non-hydrogen) atoms. The Morgan fingerprint density at radius 3 is 2.78 bits per heavy atom. The van der Waals surface area contributed by atoms with E-state index in [0.717, 1.165) is 12.2 Å². The number of amides is 1. The van der Waals surface area contributed by atoms with Gasteiger partial charge in [-0.3, -0.25) is 4.79 Å². The summed E-state index contributed by atoms with van der Waals surface area (Å²) in [5.74, 6) is 0.704. The maximum absolute atomic E-state index is 11.8. The Hall–Kier alpha value is -1.55. The van der Waals surface area contributed by atoms with Crippen molar-refractivity contribution in [3.63, 3.8) is 0 Å². The quantitative estimate of drug-likeness (QED) is 0.814. The number of rotatable bonds is 6. The van der Waals surface area contributed by atoms with Crippen LogP contribution in [0.4, 0.5) is 5.69 Å². The normalized spacial score (nSPS) is 12.3. The summed E-state index contributed by atoms with van der Waals surface area (Å²) >= 11 is 0. The van der Waals surface area contributed by atoms with E-state index in [-0.39, 0.29) is 11.8 Å². The summed E-state index contributed by atoms with van der Waals surface area (Å²) in [5.41, 5.74) is 6.50. The molecule has 0 aromatic heterocycles. The van der Waals surface area contributed by atoms with E-state index in [4.69, 9.17) is 10.5 Å². The van der Waals surface area contributed by atoms with Crippen LogP contribution in [0, 0.1) is 5.92 Å². The topological polar surface area (TPSA) is 64.3 Å².